The maximum absolute atomic E-state index is 13.9. The molecule has 6 heteroatoms. The largest absolute Gasteiger partial charge is 0.327 e. The maximum Gasteiger partial charge on any atom is 0.305 e. The monoisotopic (exact) mass is 253 g/mol. The van der Waals surface area contributed by atoms with Gasteiger partial charge in [-0.25, -0.2) is 0 Å². The number of rotatable bonds is 3. The zero-order valence-electron chi connectivity index (χ0n) is 10.0. The average Bonchev–Trinajstić information content (AvgIpc) is 2.31. The molecule has 2 rings (SSSR count). The Kier molecular flexibility index (Phi) is 3.88. The topological polar surface area (TPSA) is 72.4 Å². The van der Waals surface area contributed by atoms with Crippen molar-refractivity contribution in [2.24, 2.45) is 5.73 Å². The van der Waals surface area contributed by atoms with Crippen LogP contribution in [0.3, 0.4) is 0 Å². The van der Waals surface area contributed by atoms with E-state index in [1.165, 1.54) is 12.1 Å². The number of benzene rings is 1. The van der Waals surface area contributed by atoms with Crippen molar-refractivity contribution >= 4 is 5.69 Å². The van der Waals surface area contributed by atoms with Crippen molar-refractivity contribution < 1.29 is 9.31 Å². The van der Waals surface area contributed by atoms with E-state index >= 15 is 0 Å². The first kappa shape index (κ1) is 12.9. The summed E-state index contributed by atoms with van der Waals surface area (Å²) in [5, 5.41) is 10.7. The van der Waals surface area contributed by atoms with E-state index in [1.54, 1.807) is 6.07 Å². The molecule has 0 amide bonds. The highest BCUT2D eigenvalue weighted by atomic mass is 19.1. The number of nitrogens with two attached hydrogens (primary N) is 1. The molecule has 1 aliphatic rings. The highest BCUT2D eigenvalue weighted by molar-refractivity contribution is 5.36. The van der Waals surface area contributed by atoms with Crippen LogP contribution in [0.25, 0.3) is 0 Å². The van der Waals surface area contributed by atoms with Crippen LogP contribution in [-0.4, -0.2) is 29.0 Å². The van der Waals surface area contributed by atoms with Gasteiger partial charge in [-0.15, -0.1) is 0 Å². The van der Waals surface area contributed by atoms with Gasteiger partial charge in [0.2, 0.25) is 5.82 Å². The van der Waals surface area contributed by atoms with Crippen LogP contribution < -0.4 is 5.73 Å². The lowest BCUT2D eigenvalue weighted by atomic mass is 10.1. The Morgan fingerprint density at radius 1 is 1.56 bits per heavy atom. The van der Waals surface area contributed by atoms with Crippen LogP contribution in [0.5, 0.6) is 0 Å². The van der Waals surface area contributed by atoms with E-state index in [2.05, 4.69) is 0 Å². The molecule has 18 heavy (non-hydrogen) atoms. The minimum absolute atomic E-state index is 0.112. The van der Waals surface area contributed by atoms with E-state index in [0.717, 1.165) is 19.4 Å². The summed E-state index contributed by atoms with van der Waals surface area (Å²) in [6, 6.07) is 4.39. The molecule has 1 aromatic rings. The molecule has 1 unspecified atom stereocenters. The van der Waals surface area contributed by atoms with Crippen molar-refractivity contribution in [3.63, 3.8) is 0 Å². The molecule has 1 heterocycles. The average molecular weight is 253 g/mol. The molecule has 0 aliphatic carbocycles. The maximum atomic E-state index is 13.9. The zero-order valence-corrected chi connectivity index (χ0v) is 10.0. The van der Waals surface area contributed by atoms with Crippen molar-refractivity contribution in [3.05, 3.63) is 39.7 Å². The molecule has 1 fully saturated rings. The molecule has 1 atom stereocenters. The molecule has 1 aliphatic heterocycles. The van der Waals surface area contributed by atoms with Crippen molar-refractivity contribution in [3.8, 4) is 0 Å². The van der Waals surface area contributed by atoms with Gasteiger partial charge in [0.25, 0.3) is 0 Å². The number of halogens is 1. The van der Waals surface area contributed by atoms with Gasteiger partial charge in [0.05, 0.1) is 4.92 Å². The van der Waals surface area contributed by atoms with Gasteiger partial charge in [-0.3, -0.25) is 15.0 Å². The third kappa shape index (κ3) is 2.83. The van der Waals surface area contributed by atoms with Crippen LogP contribution in [0.4, 0.5) is 10.1 Å². The lowest BCUT2D eigenvalue weighted by Gasteiger charge is -2.30. The Morgan fingerprint density at radius 3 is 3.00 bits per heavy atom. The predicted molar refractivity (Wildman–Crippen MR) is 65.5 cm³/mol. The minimum Gasteiger partial charge on any atom is -0.327 e. The quantitative estimate of drug-likeness (QED) is 0.656. The van der Waals surface area contributed by atoms with Gasteiger partial charge in [0.15, 0.2) is 0 Å². The van der Waals surface area contributed by atoms with Crippen LogP contribution in [-0.2, 0) is 6.54 Å². The number of hydrogen-bond acceptors (Lipinski definition) is 4. The molecule has 0 aromatic heterocycles. The Labute approximate surface area is 105 Å². The molecular weight excluding hydrogens is 237 g/mol. The summed E-state index contributed by atoms with van der Waals surface area (Å²) in [6.07, 6.45) is 1.96. The normalized spacial score (nSPS) is 20.9. The summed E-state index contributed by atoms with van der Waals surface area (Å²) in [5.74, 6) is -0.735. The van der Waals surface area contributed by atoms with Gasteiger partial charge in [0, 0.05) is 30.8 Å². The SMILES string of the molecule is NC1CCCN(Cc2cccc([N+](=O)[O-])c2F)C1. The summed E-state index contributed by atoms with van der Waals surface area (Å²) in [5.41, 5.74) is 5.75. The van der Waals surface area contributed by atoms with Crippen molar-refractivity contribution in [1.82, 2.24) is 4.90 Å². The second-order valence-corrected chi connectivity index (χ2v) is 4.64. The Bertz CT molecular complexity index is 453. The van der Waals surface area contributed by atoms with Crippen LogP contribution in [0.15, 0.2) is 18.2 Å². The summed E-state index contributed by atoms with van der Waals surface area (Å²) in [7, 11) is 0. The molecule has 1 saturated heterocycles. The first-order valence-corrected chi connectivity index (χ1v) is 5.97. The van der Waals surface area contributed by atoms with Gasteiger partial charge >= 0.3 is 5.69 Å². The molecule has 0 bridgehead atoms. The number of hydrogen-bond donors (Lipinski definition) is 1. The molecule has 0 saturated carbocycles. The van der Waals surface area contributed by atoms with Gasteiger partial charge in [-0.2, -0.15) is 4.39 Å². The summed E-state index contributed by atoms with van der Waals surface area (Å²) < 4.78 is 13.9. The summed E-state index contributed by atoms with van der Waals surface area (Å²) in [4.78, 5) is 12.0. The van der Waals surface area contributed by atoms with Gasteiger partial charge in [0.1, 0.15) is 0 Å². The van der Waals surface area contributed by atoms with E-state index in [9.17, 15) is 14.5 Å². The number of piperidine rings is 1. The van der Waals surface area contributed by atoms with E-state index in [-0.39, 0.29) is 6.04 Å². The number of nitro benzene ring substituents is 1. The lowest BCUT2D eigenvalue weighted by molar-refractivity contribution is -0.387. The van der Waals surface area contributed by atoms with E-state index in [4.69, 9.17) is 5.73 Å². The first-order valence-electron chi connectivity index (χ1n) is 5.97. The zero-order chi connectivity index (χ0) is 13.1. The first-order chi connectivity index (χ1) is 8.58. The standard InChI is InChI=1S/C12H16FN3O2/c13-12-9(3-1-5-11(12)16(17)18)7-15-6-2-4-10(14)8-15/h1,3,5,10H,2,4,6-8,14H2. The second-order valence-electron chi connectivity index (χ2n) is 4.64. The van der Waals surface area contributed by atoms with Crippen molar-refractivity contribution in [2.75, 3.05) is 13.1 Å². The molecule has 5 nitrogen and oxygen atoms in total. The molecule has 2 N–H and O–H groups in total. The van der Waals surface area contributed by atoms with Crippen LogP contribution in [0.2, 0.25) is 0 Å². The lowest BCUT2D eigenvalue weighted by Crippen LogP contribution is -2.42. The van der Waals surface area contributed by atoms with Crippen LogP contribution in [0, 0.1) is 15.9 Å². The number of likely N-dealkylation sites (tertiary alicyclic amines) is 1. The molecule has 0 spiro atoms. The fourth-order valence-corrected chi connectivity index (χ4v) is 2.31. The highest BCUT2D eigenvalue weighted by Gasteiger charge is 2.21. The van der Waals surface area contributed by atoms with Crippen molar-refractivity contribution in [1.29, 1.82) is 0 Å². The minimum atomic E-state index is -0.735. The predicted octanol–water partition coefficient (Wildman–Crippen LogP) is 1.66. The number of nitrogens with zero attached hydrogens (tertiary/aromatic N) is 2. The molecular formula is C12H16FN3O2. The van der Waals surface area contributed by atoms with E-state index < -0.39 is 16.4 Å². The third-order valence-corrected chi connectivity index (χ3v) is 3.19. The van der Waals surface area contributed by atoms with Gasteiger partial charge in [-0.1, -0.05) is 12.1 Å². The Hall–Kier alpha value is -1.53. The smallest absolute Gasteiger partial charge is 0.305 e. The fourth-order valence-electron chi connectivity index (χ4n) is 2.31. The van der Waals surface area contributed by atoms with E-state index in [1.807, 2.05) is 4.90 Å². The molecule has 1 aromatic carbocycles. The van der Waals surface area contributed by atoms with Gasteiger partial charge in [-0.05, 0) is 19.4 Å². The van der Waals surface area contributed by atoms with Crippen LogP contribution >= 0.6 is 0 Å². The Balaban J connectivity index is 2.14. The van der Waals surface area contributed by atoms with E-state index in [0.29, 0.717) is 18.7 Å². The Morgan fingerprint density at radius 2 is 2.33 bits per heavy atom. The number of nitro groups is 1. The summed E-state index contributed by atoms with van der Waals surface area (Å²) in [6.45, 7) is 1.94. The third-order valence-electron chi connectivity index (χ3n) is 3.19. The highest BCUT2D eigenvalue weighted by Crippen LogP contribution is 2.22. The van der Waals surface area contributed by atoms with Crippen LogP contribution in [0.1, 0.15) is 18.4 Å². The van der Waals surface area contributed by atoms with Gasteiger partial charge < -0.3 is 5.73 Å². The molecule has 98 valence electrons. The summed E-state index contributed by atoms with van der Waals surface area (Å²) >= 11 is 0. The molecule has 0 radical (unpaired) electrons. The second kappa shape index (κ2) is 5.41. The van der Waals surface area contributed by atoms with Crippen molar-refractivity contribution in [2.45, 2.75) is 25.4 Å². The fraction of sp³-hybridized carbons (Fsp3) is 0.500.